The summed E-state index contributed by atoms with van der Waals surface area (Å²) in [6.45, 7) is 1.85. The maximum atomic E-state index is 12.4. The van der Waals surface area contributed by atoms with Gasteiger partial charge in [0.25, 0.3) is 5.91 Å². The Balaban J connectivity index is 0.00000225. The number of hydrogen-bond acceptors (Lipinski definition) is 3. The van der Waals surface area contributed by atoms with Gasteiger partial charge >= 0.3 is 0 Å². The molecule has 0 aromatic heterocycles. The van der Waals surface area contributed by atoms with Gasteiger partial charge in [0.1, 0.15) is 0 Å². The molecule has 1 aliphatic carbocycles. The van der Waals surface area contributed by atoms with Crippen LogP contribution in [0.1, 0.15) is 55.3 Å². The van der Waals surface area contributed by atoms with E-state index < -0.39 is 0 Å². The van der Waals surface area contributed by atoms with Crippen molar-refractivity contribution in [1.29, 1.82) is 0 Å². The number of carbonyl (C=O) groups is 2. The quantitative estimate of drug-likeness (QED) is 0.767. The summed E-state index contributed by atoms with van der Waals surface area (Å²) in [6.07, 6.45) is 7.54. The molecule has 0 spiro atoms. The molecule has 3 N–H and O–H groups in total. The Labute approximate surface area is 155 Å². The van der Waals surface area contributed by atoms with E-state index in [4.69, 9.17) is 0 Å². The minimum atomic E-state index is -0.0718. The lowest BCUT2D eigenvalue weighted by atomic mass is 9.88. The Hall–Kier alpha value is -1.59. The van der Waals surface area contributed by atoms with Crippen LogP contribution in [0.25, 0.3) is 0 Å². The fourth-order valence-corrected chi connectivity index (χ4v) is 3.59. The normalized spacial score (nSPS) is 21.0. The van der Waals surface area contributed by atoms with Gasteiger partial charge in [-0.1, -0.05) is 25.3 Å². The number of piperidine rings is 1. The van der Waals surface area contributed by atoms with Gasteiger partial charge in [-0.05, 0) is 50.4 Å². The molecule has 0 bridgehead atoms. The van der Waals surface area contributed by atoms with Crippen molar-refractivity contribution in [2.24, 2.45) is 5.92 Å². The molecular weight excluding hydrogens is 338 g/mol. The Bertz CT molecular complexity index is 582. The van der Waals surface area contributed by atoms with Crippen LogP contribution in [0.15, 0.2) is 24.3 Å². The van der Waals surface area contributed by atoms with Crippen LogP contribution in [-0.4, -0.2) is 30.9 Å². The number of benzene rings is 1. The average molecular weight is 366 g/mol. The predicted molar refractivity (Wildman–Crippen MR) is 102 cm³/mol. The van der Waals surface area contributed by atoms with E-state index in [0.29, 0.717) is 11.3 Å². The number of hydrogen-bond donors (Lipinski definition) is 3. The van der Waals surface area contributed by atoms with Gasteiger partial charge in [-0.3, -0.25) is 9.59 Å². The minimum absolute atomic E-state index is 0. The zero-order valence-corrected chi connectivity index (χ0v) is 15.4. The summed E-state index contributed by atoms with van der Waals surface area (Å²) in [6, 6.07) is 7.42. The molecule has 1 unspecified atom stereocenters. The molecule has 2 amide bonds. The molecule has 6 heteroatoms. The highest BCUT2D eigenvalue weighted by Gasteiger charge is 2.21. The Morgan fingerprint density at radius 2 is 1.84 bits per heavy atom. The van der Waals surface area contributed by atoms with Gasteiger partial charge < -0.3 is 16.0 Å². The van der Waals surface area contributed by atoms with Crippen LogP contribution < -0.4 is 16.0 Å². The highest BCUT2D eigenvalue weighted by Crippen LogP contribution is 2.25. The predicted octanol–water partition coefficient (Wildman–Crippen LogP) is 3.11. The van der Waals surface area contributed by atoms with Crippen LogP contribution in [-0.2, 0) is 4.79 Å². The molecule has 25 heavy (non-hydrogen) atoms. The van der Waals surface area contributed by atoms with Crippen molar-refractivity contribution in [1.82, 2.24) is 10.6 Å². The summed E-state index contributed by atoms with van der Waals surface area (Å²) < 4.78 is 0. The first kappa shape index (κ1) is 19.7. The molecular formula is C19H28ClN3O2. The molecule has 5 nitrogen and oxygen atoms in total. The van der Waals surface area contributed by atoms with Crippen LogP contribution in [0.4, 0.5) is 5.69 Å². The largest absolute Gasteiger partial charge is 0.348 e. The fourth-order valence-electron chi connectivity index (χ4n) is 3.59. The molecule has 1 saturated carbocycles. The number of anilines is 1. The lowest BCUT2D eigenvalue weighted by Crippen LogP contribution is -2.45. The van der Waals surface area contributed by atoms with Crippen LogP contribution in [0.3, 0.4) is 0 Å². The highest BCUT2D eigenvalue weighted by atomic mass is 35.5. The fraction of sp³-hybridized carbons (Fsp3) is 0.579. The first-order chi connectivity index (χ1) is 11.7. The van der Waals surface area contributed by atoms with Crippen molar-refractivity contribution >= 4 is 29.9 Å². The summed E-state index contributed by atoms with van der Waals surface area (Å²) in [5.74, 6) is 0.130. The second-order valence-corrected chi connectivity index (χ2v) is 6.92. The molecule has 138 valence electrons. The van der Waals surface area contributed by atoms with Crippen molar-refractivity contribution in [3.05, 3.63) is 29.8 Å². The van der Waals surface area contributed by atoms with Crippen molar-refractivity contribution in [3.8, 4) is 0 Å². The van der Waals surface area contributed by atoms with E-state index in [1.165, 1.54) is 6.42 Å². The van der Waals surface area contributed by atoms with Gasteiger partial charge in [0.15, 0.2) is 0 Å². The first-order valence-corrected chi connectivity index (χ1v) is 9.15. The van der Waals surface area contributed by atoms with E-state index in [9.17, 15) is 9.59 Å². The third-order valence-corrected chi connectivity index (χ3v) is 5.00. The van der Waals surface area contributed by atoms with Gasteiger partial charge in [0.05, 0.1) is 0 Å². The maximum Gasteiger partial charge on any atom is 0.251 e. The van der Waals surface area contributed by atoms with E-state index in [-0.39, 0.29) is 36.2 Å². The Kier molecular flexibility index (Phi) is 7.72. The Morgan fingerprint density at radius 3 is 2.56 bits per heavy atom. The summed E-state index contributed by atoms with van der Waals surface area (Å²) in [5.41, 5.74) is 1.31. The molecule has 1 heterocycles. The lowest BCUT2D eigenvalue weighted by molar-refractivity contribution is -0.120. The zero-order valence-electron chi connectivity index (χ0n) is 14.6. The molecule has 1 aliphatic heterocycles. The lowest BCUT2D eigenvalue weighted by Gasteiger charge is -2.24. The second kappa shape index (κ2) is 9.78. The molecule has 1 aromatic carbocycles. The van der Waals surface area contributed by atoms with Crippen LogP contribution in [0.5, 0.6) is 0 Å². The SMILES string of the molecule is Cl.O=C(NC1CCCNC1)c1cccc(NC(=O)C2CCCCC2)c1. The van der Waals surface area contributed by atoms with Gasteiger partial charge in [-0.25, -0.2) is 0 Å². The van der Waals surface area contributed by atoms with E-state index in [0.717, 1.165) is 51.6 Å². The molecule has 2 fully saturated rings. The molecule has 0 radical (unpaired) electrons. The van der Waals surface area contributed by atoms with E-state index in [1.807, 2.05) is 12.1 Å². The van der Waals surface area contributed by atoms with Gasteiger partial charge in [-0.15, -0.1) is 12.4 Å². The zero-order chi connectivity index (χ0) is 16.8. The number of rotatable bonds is 4. The molecule has 2 aliphatic rings. The van der Waals surface area contributed by atoms with Gasteiger partial charge in [-0.2, -0.15) is 0 Å². The van der Waals surface area contributed by atoms with Crippen LogP contribution in [0, 0.1) is 5.92 Å². The van der Waals surface area contributed by atoms with Crippen LogP contribution in [0.2, 0.25) is 0 Å². The third kappa shape index (κ3) is 5.72. The van der Waals surface area contributed by atoms with Crippen LogP contribution >= 0.6 is 12.4 Å². The van der Waals surface area contributed by atoms with E-state index in [2.05, 4.69) is 16.0 Å². The number of carbonyl (C=O) groups excluding carboxylic acids is 2. The van der Waals surface area contributed by atoms with E-state index >= 15 is 0 Å². The first-order valence-electron chi connectivity index (χ1n) is 9.15. The molecule has 1 aromatic rings. The summed E-state index contributed by atoms with van der Waals surface area (Å²) in [4.78, 5) is 24.7. The van der Waals surface area contributed by atoms with Crippen molar-refractivity contribution in [2.45, 2.75) is 51.0 Å². The molecule has 3 rings (SSSR count). The van der Waals surface area contributed by atoms with Crippen molar-refractivity contribution in [2.75, 3.05) is 18.4 Å². The second-order valence-electron chi connectivity index (χ2n) is 6.92. The monoisotopic (exact) mass is 365 g/mol. The van der Waals surface area contributed by atoms with Crippen molar-refractivity contribution < 1.29 is 9.59 Å². The highest BCUT2D eigenvalue weighted by molar-refractivity contribution is 5.97. The molecule has 1 atom stereocenters. The average Bonchev–Trinajstić information content (AvgIpc) is 2.63. The summed E-state index contributed by atoms with van der Waals surface area (Å²) in [7, 11) is 0. The van der Waals surface area contributed by atoms with E-state index in [1.54, 1.807) is 12.1 Å². The standard InChI is InChI=1S/C19H27N3O2.ClH/c23-18(14-6-2-1-3-7-14)21-16-9-4-8-15(12-16)19(24)22-17-10-5-11-20-13-17;/h4,8-9,12,14,17,20H,1-3,5-7,10-11,13H2,(H,21,23)(H,22,24);1H. The molecule has 1 saturated heterocycles. The number of halogens is 1. The summed E-state index contributed by atoms with van der Waals surface area (Å²) >= 11 is 0. The topological polar surface area (TPSA) is 70.2 Å². The Morgan fingerprint density at radius 1 is 1.04 bits per heavy atom. The van der Waals surface area contributed by atoms with Crippen molar-refractivity contribution in [3.63, 3.8) is 0 Å². The van der Waals surface area contributed by atoms with Gasteiger partial charge in [0, 0.05) is 29.8 Å². The maximum absolute atomic E-state index is 12.4. The summed E-state index contributed by atoms with van der Waals surface area (Å²) in [5, 5.41) is 9.34. The third-order valence-electron chi connectivity index (χ3n) is 5.00. The number of nitrogens with one attached hydrogen (secondary N) is 3. The minimum Gasteiger partial charge on any atom is -0.348 e. The number of amides is 2. The smallest absolute Gasteiger partial charge is 0.251 e. The van der Waals surface area contributed by atoms with Gasteiger partial charge in [0.2, 0.25) is 5.91 Å².